The summed E-state index contributed by atoms with van der Waals surface area (Å²) in [6.45, 7) is 6.06. The van der Waals surface area contributed by atoms with Crippen LogP contribution in [-0.2, 0) is 12.0 Å². The second-order valence-corrected chi connectivity index (χ2v) is 11.5. The summed E-state index contributed by atoms with van der Waals surface area (Å²) in [6, 6.07) is 13.9. The lowest BCUT2D eigenvalue weighted by atomic mass is 9.95. The van der Waals surface area contributed by atoms with Crippen LogP contribution in [0.3, 0.4) is 0 Å². The summed E-state index contributed by atoms with van der Waals surface area (Å²) in [7, 11) is 1.52. The molecule has 0 atom stereocenters. The molecule has 0 fully saturated rings. The summed E-state index contributed by atoms with van der Waals surface area (Å²) >= 11 is 22.1. The van der Waals surface area contributed by atoms with Crippen molar-refractivity contribution < 1.29 is 9.47 Å². The maximum atomic E-state index is 13.5. The van der Waals surface area contributed by atoms with Crippen molar-refractivity contribution in [1.29, 1.82) is 0 Å². The number of hydrogen-bond donors (Lipinski definition) is 0. The Morgan fingerprint density at radius 1 is 1.05 bits per heavy atom. The molecule has 37 heavy (non-hydrogen) atoms. The van der Waals surface area contributed by atoms with Crippen LogP contribution in [0.15, 0.2) is 62.9 Å². The van der Waals surface area contributed by atoms with Crippen molar-refractivity contribution in [3.05, 3.63) is 95.4 Å². The third kappa shape index (κ3) is 6.12. The topological polar surface area (TPSA) is 65.7 Å². The Balaban J connectivity index is 1.82. The highest BCUT2D eigenvalue weighted by Gasteiger charge is 2.23. The Bertz CT molecular complexity index is 1580. The molecule has 0 saturated heterocycles. The molecule has 6 nitrogen and oxygen atoms in total. The van der Waals surface area contributed by atoms with Crippen LogP contribution in [0.5, 0.6) is 11.5 Å². The molecule has 0 unspecified atom stereocenters. The van der Waals surface area contributed by atoms with Crippen LogP contribution in [0, 0.1) is 0 Å². The van der Waals surface area contributed by atoms with Gasteiger partial charge in [-0.25, -0.2) is 4.98 Å². The van der Waals surface area contributed by atoms with Crippen molar-refractivity contribution in [3.63, 3.8) is 0 Å². The molecule has 0 aliphatic carbocycles. The molecular weight excluding hydrogens is 601 g/mol. The minimum atomic E-state index is -0.464. The fraction of sp³-hybridized carbons (Fsp3) is 0.222. The van der Waals surface area contributed by atoms with Crippen LogP contribution >= 0.6 is 50.7 Å². The van der Waals surface area contributed by atoms with E-state index in [9.17, 15) is 4.79 Å². The highest BCUT2D eigenvalue weighted by molar-refractivity contribution is 9.10. The van der Waals surface area contributed by atoms with Crippen molar-refractivity contribution in [2.45, 2.75) is 32.8 Å². The predicted molar refractivity (Wildman–Crippen MR) is 154 cm³/mol. The lowest BCUT2D eigenvalue weighted by Crippen LogP contribution is -2.29. The first-order valence-corrected chi connectivity index (χ1v) is 13.1. The standard InChI is InChI=1S/C27H23BrCl3N3O3/c1-27(2,3)26-33-22-8-6-17(28)10-20(22)25(35)34(26)32-13-16-9-19(30)12-23(36-4)24(16)37-14-15-5-7-18(29)11-21(15)31/h5-13H,14H2,1-4H3. The molecular formula is C27H23BrCl3N3O3. The average molecular weight is 624 g/mol. The number of rotatable bonds is 6. The predicted octanol–water partition coefficient (Wildman–Crippen LogP) is 7.89. The van der Waals surface area contributed by atoms with E-state index in [1.165, 1.54) is 18.0 Å². The van der Waals surface area contributed by atoms with Crippen LogP contribution in [0.2, 0.25) is 15.1 Å². The van der Waals surface area contributed by atoms with Gasteiger partial charge in [0.2, 0.25) is 0 Å². The molecule has 10 heteroatoms. The maximum absolute atomic E-state index is 13.5. The molecule has 192 valence electrons. The van der Waals surface area contributed by atoms with Gasteiger partial charge in [0.05, 0.1) is 24.2 Å². The summed E-state index contributed by atoms with van der Waals surface area (Å²) in [5.74, 6) is 1.31. The van der Waals surface area contributed by atoms with Crippen LogP contribution in [0.1, 0.15) is 37.7 Å². The summed E-state index contributed by atoms with van der Waals surface area (Å²) in [4.78, 5) is 18.2. The SMILES string of the molecule is COc1cc(Cl)cc(C=Nn2c(C(C)(C)C)nc3ccc(Br)cc3c2=O)c1OCc1ccc(Cl)cc1Cl. The van der Waals surface area contributed by atoms with Gasteiger partial charge >= 0.3 is 0 Å². The van der Waals surface area contributed by atoms with Gasteiger partial charge in [0, 0.05) is 42.1 Å². The van der Waals surface area contributed by atoms with E-state index in [0.717, 1.165) is 10.0 Å². The molecule has 0 radical (unpaired) electrons. The maximum Gasteiger partial charge on any atom is 0.282 e. The molecule has 0 N–H and O–H groups in total. The lowest BCUT2D eigenvalue weighted by Gasteiger charge is -2.21. The second-order valence-electron chi connectivity index (χ2n) is 9.26. The third-order valence-electron chi connectivity index (χ3n) is 5.45. The van der Waals surface area contributed by atoms with E-state index < -0.39 is 5.41 Å². The molecule has 0 amide bonds. The summed E-state index contributed by atoms with van der Waals surface area (Å²) in [5.41, 5.74) is 1.08. The van der Waals surface area contributed by atoms with E-state index in [4.69, 9.17) is 49.3 Å². The Morgan fingerprint density at radius 3 is 2.49 bits per heavy atom. The summed E-state index contributed by atoms with van der Waals surface area (Å²) in [6.07, 6.45) is 1.51. The average Bonchev–Trinajstić information content (AvgIpc) is 2.83. The molecule has 3 aromatic carbocycles. The van der Waals surface area contributed by atoms with Crippen LogP contribution in [0.4, 0.5) is 0 Å². The van der Waals surface area contributed by atoms with Gasteiger partial charge in [-0.2, -0.15) is 9.78 Å². The number of benzene rings is 3. The minimum Gasteiger partial charge on any atom is -0.493 e. The number of hydrogen-bond acceptors (Lipinski definition) is 5. The van der Waals surface area contributed by atoms with Crippen molar-refractivity contribution in [3.8, 4) is 11.5 Å². The number of methoxy groups -OCH3 is 1. The molecule has 4 rings (SSSR count). The third-order valence-corrected chi connectivity index (χ3v) is 6.75. The van der Waals surface area contributed by atoms with E-state index in [0.29, 0.717) is 48.9 Å². The largest absolute Gasteiger partial charge is 0.493 e. The first-order valence-electron chi connectivity index (χ1n) is 11.2. The molecule has 0 aliphatic rings. The van der Waals surface area contributed by atoms with Crippen LogP contribution in [-0.4, -0.2) is 23.0 Å². The van der Waals surface area contributed by atoms with E-state index in [1.807, 2.05) is 26.8 Å². The van der Waals surface area contributed by atoms with Gasteiger partial charge in [-0.15, -0.1) is 0 Å². The number of halogens is 4. The fourth-order valence-corrected chi connectivity index (χ4v) is 4.68. The van der Waals surface area contributed by atoms with E-state index in [2.05, 4.69) is 21.0 Å². The first-order chi connectivity index (χ1) is 17.5. The molecule has 0 saturated carbocycles. The van der Waals surface area contributed by atoms with Gasteiger partial charge in [-0.3, -0.25) is 4.79 Å². The molecule has 0 bridgehead atoms. The lowest BCUT2D eigenvalue weighted by molar-refractivity contribution is 0.284. The Morgan fingerprint density at radius 2 is 1.81 bits per heavy atom. The normalized spacial score (nSPS) is 11.9. The van der Waals surface area contributed by atoms with Crippen molar-refractivity contribution in [1.82, 2.24) is 9.66 Å². The number of ether oxygens (including phenoxy) is 2. The zero-order valence-electron chi connectivity index (χ0n) is 20.5. The quantitative estimate of drug-likeness (QED) is 0.205. The van der Waals surface area contributed by atoms with Crippen molar-refractivity contribution in [2.24, 2.45) is 5.10 Å². The van der Waals surface area contributed by atoms with Gasteiger partial charge < -0.3 is 9.47 Å². The smallest absolute Gasteiger partial charge is 0.282 e. The number of nitrogens with zero attached hydrogens (tertiary/aromatic N) is 3. The number of aromatic nitrogens is 2. The highest BCUT2D eigenvalue weighted by Crippen LogP contribution is 2.35. The van der Waals surface area contributed by atoms with Gasteiger partial charge in [0.15, 0.2) is 11.5 Å². The first kappa shape index (κ1) is 27.5. The van der Waals surface area contributed by atoms with Gasteiger partial charge in [0.25, 0.3) is 5.56 Å². The van der Waals surface area contributed by atoms with Crippen molar-refractivity contribution >= 4 is 67.9 Å². The van der Waals surface area contributed by atoms with Gasteiger partial charge in [0.1, 0.15) is 12.4 Å². The zero-order valence-corrected chi connectivity index (χ0v) is 24.3. The molecule has 0 spiro atoms. The Labute approximate surface area is 237 Å². The summed E-state index contributed by atoms with van der Waals surface area (Å²) in [5, 5.41) is 6.41. The Hall–Kier alpha value is -2.58. The number of fused-ring (bicyclic) bond motifs is 1. The van der Waals surface area contributed by atoms with Crippen LogP contribution in [0.25, 0.3) is 10.9 Å². The molecule has 4 aromatic rings. The zero-order chi connectivity index (χ0) is 26.9. The van der Waals surface area contributed by atoms with E-state index >= 15 is 0 Å². The fourth-order valence-electron chi connectivity index (χ4n) is 3.64. The minimum absolute atomic E-state index is 0.146. The van der Waals surface area contributed by atoms with Crippen molar-refractivity contribution in [2.75, 3.05) is 7.11 Å². The van der Waals surface area contributed by atoms with Gasteiger partial charge in [-0.05, 0) is 36.4 Å². The van der Waals surface area contributed by atoms with E-state index in [1.54, 1.807) is 42.5 Å². The molecule has 1 aromatic heterocycles. The highest BCUT2D eigenvalue weighted by atomic mass is 79.9. The van der Waals surface area contributed by atoms with Crippen LogP contribution < -0.4 is 15.0 Å². The van der Waals surface area contributed by atoms with Gasteiger partial charge in [-0.1, -0.05) is 77.6 Å². The monoisotopic (exact) mass is 621 g/mol. The molecule has 0 aliphatic heterocycles. The molecule has 1 heterocycles. The second kappa shape index (κ2) is 11.0. The summed E-state index contributed by atoms with van der Waals surface area (Å²) < 4.78 is 13.7. The van der Waals surface area contributed by atoms with E-state index in [-0.39, 0.29) is 12.2 Å². The Kier molecular flexibility index (Phi) is 8.19.